The zero-order valence-corrected chi connectivity index (χ0v) is 19.2. The third kappa shape index (κ3) is 3.81. The smallest absolute Gasteiger partial charge is 0.398 e. The number of nitrogens with two attached hydrogens (primary N) is 1. The predicted molar refractivity (Wildman–Crippen MR) is 123 cm³/mol. The first kappa shape index (κ1) is 22.1. The van der Waals surface area contributed by atoms with E-state index >= 15 is 0 Å². The van der Waals surface area contributed by atoms with Gasteiger partial charge < -0.3 is 25.1 Å². The van der Waals surface area contributed by atoms with Crippen molar-refractivity contribution in [2.45, 2.75) is 45.5 Å². The number of pyridine rings is 2. The first-order chi connectivity index (χ1) is 16.2. The fraction of sp³-hybridized carbons (Fsp3) is 0.391. The first-order valence-corrected chi connectivity index (χ1v) is 11.1. The van der Waals surface area contributed by atoms with Crippen LogP contribution in [0.3, 0.4) is 0 Å². The number of halogens is 1. The zero-order chi connectivity index (χ0) is 24.1. The molecule has 0 radical (unpaired) electrons. The van der Waals surface area contributed by atoms with Gasteiger partial charge in [-0.05, 0) is 26.8 Å². The Hall–Kier alpha value is -3.73. The number of nitrogens with one attached hydrogen (secondary N) is 1. The highest BCUT2D eigenvalue weighted by Gasteiger charge is 2.39. The van der Waals surface area contributed by atoms with E-state index in [1.807, 2.05) is 6.07 Å². The highest BCUT2D eigenvalue weighted by molar-refractivity contribution is 6.31. The van der Waals surface area contributed by atoms with Gasteiger partial charge in [-0.2, -0.15) is 0 Å². The Morgan fingerprint density at radius 1 is 1.24 bits per heavy atom. The zero-order valence-electron chi connectivity index (χ0n) is 19.2. The summed E-state index contributed by atoms with van der Waals surface area (Å²) < 4.78 is 22.0. The van der Waals surface area contributed by atoms with Crippen LogP contribution in [0.5, 0.6) is 0 Å². The maximum absolute atomic E-state index is 14.9. The summed E-state index contributed by atoms with van der Waals surface area (Å²) in [6.07, 6.45) is 4.45. The Labute approximate surface area is 195 Å². The number of carbonyl (C=O) groups is 2. The molecule has 2 aliphatic heterocycles. The van der Waals surface area contributed by atoms with E-state index in [9.17, 15) is 14.0 Å². The summed E-state index contributed by atoms with van der Waals surface area (Å²) in [6.45, 7) is 7.61. The highest BCUT2D eigenvalue weighted by Crippen LogP contribution is 2.42. The lowest BCUT2D eigenvalue weighted by Crippen LogP contribution is -2.54. The molecule has 11 heteroatoms. The summed E-state index contributed by atoms with van der Waals surface area (Å²) in [5.74, 6) is -2.34. The summed E-state index contributed by atoms with van der Waals surface area (Å²) in [5, 5.41) is 3.52. The quantitative estimate of drug-likeness (QED) is 0.439. The van der Waals surface area contributed by atoms with Crippen molar-refractivity contribution in [3.05, 3.63) is 47.8 Å². The van der Waals surface area contributed by atoms with Crippen molar-refractivity contribution in [1.29, 1.82) is 0 Å². The van der Waals surface area contributed by atoms with Crippen molar-refractivity contribution >= 4 is 34.7 Å². The minimum atomic E-state index is -1.19. The molecule has 0 spiro atoms. The van der Waals surface area contributed by atoms with Crippen molar-refractivity contribution < 1.29 is 18.7 Å². The third-order valence-electron chi connectivity index (χ3n) is 6.14. The van der Waals surface area contributed by atoms with E-state index in [2.05, 4.69) is 34.0 Å². The Bertz CT molecular complexity index is 1280. The van der Waals surface area contributed by atoms with Crippen LogP contribution in [0.2, 0.25) is 0 Å². The topological polar surface area (TPSA) is 118 Å². The molecule has 3 atom stereocenters. The summed E-state index contributed by atoms with van der Waals surface area (Å²) in [6, 6.07) is 3.83. The van der Waals surface area contributed by atoms with Crippen LogP contribution >= 0.6 is 0 Å². The monoisotopic (exact) mass is 467 g/mol. The SMILES string of the molecule is Cc1cn2cc(N3c4nccc(N5C[C@@H](C)N[C@@H](C)C5)c4CC3OC(=O)C(N)=O)cc(F)c2n1. The van der Waals surface area contributed by atoms with Gasteiger partial charge in [0.1, 0.15) is 5.82 Å². The number of hydrogen-bond acceptors (Lipinski definition) is 8. The van der Waals surface area contributed by atoms with Gasteiger partial charge in [0.25, 0.3) is 0 Å². The fourth-order valence-corrected chi connectivity index (χ4v) is 4.96. The molecule has 3 aromatic rings. The van der Waals surface area contributed by atoms with Crippen LogP contribution in [0, 0.1) is 12.7 Å². The average molecular weight is 468 g/mol. The molecule has 1 fully saturated rings. The molecule has 10 nitrogen and oxygen atoms in total. The number of nitrogens with zero attached hydrogens (tertiary/aromatic N) is 5. The van der Waals surface area contributed by atoms with Gasteiger partial charge in [-0.15, -0.1) is 0 Å². The van der Waals surface area contributed by atoms with Gasteiger partial charge in [0.05, 0.1) is 11.4 Å². The van der Waals surface area contributed by atoms with Crippen molar-refractivity contribution in [1.82, 2.24) is 19.7 Å². The largest absolute Gasteiger partial charge is 0.434 e. The standard InChI is InChI=1S/C23H26FN7O3/c1-12-8-29(9-13(2)27-12)18-4-5-26-21-16(18)7-19(34-23(33)20(25)32)31(21)15-6-17(24)22-28-14(3)10-30(22)11-15/h4-6,10-13,19,27H,7-9H2,1-3H3,(H2,25,32)/t12-,13+,19?. The molecule has 178 valence electrons. The molecule has 3 aromatic heterocycles. The maximum Gasteiger partial charge on any atom is 0.398 e. The number of primary amides is 1. The van der Waals surface area contributed by atoms with Crippen molar-refractivity contribution in [3.8, 4) is 0 Å². The van der Waals surface area contributed by atoms with E-state index in [0.29, 0.717) is 17.2 Å². The molecule has 0 saturated carbocycles. The molecule has 5 rings (SSSR count). The Morgan fingerprint density at radius 3 is 2.68 bits per heavy atom. The number of aromatic nitrogens is 3. The molecular formula is C23H26FN7O3. The summed E-state index contributed by atoms with van der Waals surface area (Å²) in [7, 11) is 0. The van der Waals surface area contributed by atoms with Crippen molar-refractivity contribution in [3.63, 3.8) is 0 Å². The second-order valence-electron chi connectivity index (χ2n) is 8.96. The fourth-order valence-electron chi connectivity index (χ4n) is 4.96. The lowest BCUT2D eigenvalue weighted by molar-refractivity contribution is -0.157. The number of ether oxygens (including phenoxy) is 1. The van der Waals surface area contributed by atoms with Crippen LogP contribution in [0.15, 0.2) is 30.7 Å². The van der Waals surface area contributed by atoms with E-state index < -0.39 is 23.9 Å². The Morgan fingerprint density at radius 2 is 1.97 bits per heavy atom. The Balaban J connectivity index is 1.61. The summed E-state index contributed by atoms with van der Waals surface area (Å²) >= 11 is 0. The maximum atomic E-state index is 14.9. The number of esters is 1. The van der Waals surface area contributed by atoms with Gasteiger partial charge in [-0.25, -0.2) is 19.2 Å². The highest BCUT2D eigenvalue weighted by atomic mass is 19.1. The lowest BCUT2D eigenvalue weighted by Gasteiger charge is -2.38. The predicted octanol–water partition coefficient (Wildman–Crippen LogP) is 1.41. The molecule has 1 amide bonds. The minimum absolute atomic E-state index is 0.192. The lowest BCUT2D eigenvalue weighted by atomic mass is 10.1. The van der Waals surface area contributed by atoms with Crippen LogP contribution in [0.4, 0.5) is 21.6 Å². The molecule has 0 aromatic carbocycles. The van der Waals surface area contributed by atoms with Crippen molar-refractivity contribution in [2.75, 3.05) is 22.9 Å². The Kier molecular flexibility index (Phi) is 5.35. The molecule has 34 heavy (non-hydrogen) atoms. The number of piperazine rings is 1. The summed E-state index contributed by atoms with van der Waals surface area (Å²) in [5.41, 5.74) is 8.23. The number of anilines is 3. The summed E-state index contributed by atoms with van der Waals surface area (Å²) in [4.78, 5) is 36.2. The molecule has 2 aliphatic rings. The number of hydrogen-bond donors (Lipinski definition) is 2. The van der Waals surface area contributed by atoms with Crippen LogP contribution in [-0.4, -0.2) is 57.6 Å². The number of carbonyl (C=O) groups excluding carboxylic acids is 2. The van der Waals surface area contributed by atoms with E-state index in [4.69, 9.17) is 10.5 Å². The van der Waals surface area contributed by atoms with Crippen LogP contribution in [-0.2, 0) is 20.7 Å². The molecule has 0 aliphatic carbocycles. The van der Waals surface area contributed by atoms with E-state index in [1.54, 1.807) is 34.8 Å². The van der Waals surface area contributed by atoms with Crippen LogP contribution < -0.4 is 20.9 Å². The van der Waals surface area contributed by atoms with E-state index in [0.717, 1.165) is 24.3 Å². The number of fused-ring (bicyclic) bond motifs is 2. The normalized spacial score (nSPS) is 22.2. The molecule has 0 bridgehead atoms. The minimum Gasteiger partial charge on any atom is -0.434 e. The van der Waals surface area contributed by atoms with E-state index in [-0.39, 0.29) is 24.2 Å². The first-order valence-electron chi connectivity index (χ1n) is 11.1. The van der Waals surface area contributed by atoms with Gasteiger partial charge in [-0.3, -0.25) is 9.69 Å². The van der Waals surface area contributed by atoms with Crippen molar-refractivity contribution in [2.24, 2.45) is 5.73 Å². The number of rotatable bonds is 3. The third-order valence-corrected chi connectivity index (χ3v) is 6.14. The van der Waals surface area contributed by atoms with Crippen LogP contribution in [0.25, 0.3) is 5.65 Å². The second-order valence-corrected chi connectivity index (χ2v) is 8.96. The van der Waals surface area contributed by atoms with Gasteiger partial charge >= 0.3 is 11.9 Å². The molecular weight excluding hydrogens is 441 g/mol. The molecule has 1 saturated heterocycles. The molecule has 1 unspecified atom stereocenters. The number of imidazole rings is 1. The van der Waals surface area contributed by atoms with Gasteiger partial charge in [0.2, 0.25) is 0 Å². The van der Waals surface area contributed by atoms with Gasteiger partial charge in [0.15, 0.2) is 17.7 Å². The molecule has 5 heterocycles. The van der Waals surface area contributed by atoms with E-state index in [1.165, 1.54) is 6.07 Å². The van der Waals surface area contributed by atoms with Gasteiger partial charge in [-0.1, -0.05) is 0 Å². The van der Waals surface area contributed by atoms with Gasteiger partial charge in [0, 0.05) is 67.5 Å². The molecule has 3 N–H and O–H groups in total. The number of amides is 1. The number of aryl methyl sites for hydroxylation is 1. The van der Waals surface area contributed by atoms with Crippen LogP contribution in [0.1, 0.15) is 25.1 Å². The second kappa shape index (κ2) is 8.24. The average Bonchev–Trinajstić information content (AvgIpc) is 3.32.